The second-order valence-electron chi connectivity index (χ2n) is 4.81. The Kier molecular flexibility index (Phi) is 3.56. The summed E-state index contributed by atoms with van der Waals surface area (Å²) in [4.78, 5) is 11.1. The third-order valence-corrected chi connectivity index (χ3v) is 2.83. The maximum atomic E-state index is 11.1. The number of benzene rings is 2. The van der Waals surface area contributed by atoms with Gasteiger partial charge in [0, 0.05) is 0 Å². The molecule has 3 heteroatoms. The monoisotopic (exact) mass is 256 g/mol. The van der Waals surface area contributed by atoms with Gasteiger partial charge in [-0.05, 0) is 37.1 Å². The van der Waals surface area contributed by atoms with Gasteiger partial charge >= 0.3 is 5.97 Å². The Labute approximate surface area is 112 Å². The van der Waals surface area contributed by atoms with Gasteiger partial charge in [0.25, 0.3) is 0 Å². The normalized spacial score (nSPS) is 11.1. The minimum Gasteiger partial charge on any atom is -0.478 e. The second-order valence-corrected chi connectivity index (χ2v) is 4.81. The molecule has 2 rings (SSSR count). The summed E-state index contributed by atoms with van der Waals surface area (Å²) in [5, 5.41) is 9.06. The Morgan fingerprint density at radius 2 is 1.63 bits per heavy atom. The van der Waals surface area contributed by atoms with Gasteiger partial charge in [-0.2, -0.15) is 0 Å². The minimum atomic E-state index is -1.24. The first-order valence-electron chi connectivity index (χ1n) is 6.07. The van der Waals surface area contributed by atoms with Crippen molar-refractivity contribution in [1.82, 2.24) is 0 Å². The average molecular weight is 256 g/mol. The van der Waals surface area contributed by atoms with E-state index in [-0.39, 0.29) is 0 Å². The number of rotatable bonds is 4. The summed E-state index contributed by atoms with van der Waals surface area (Å²) in [6, 6.07) is 17.3. The first-order valence-corrected chi connectivity index (χ1v) is 6.07. The SMILES string of the molecule is CC(C)(Oc1cccc(-c2ccccc2)c1)C(=O)O. The van der Waals surface area contributed by atoms with E-state index in [2.05, 4.69) is 0 Å². The highest BCUT2D eigenvalue weighted by Gasteiger charge is 2.29. The zero-order chi connectivity index (χ0) is 13.9. The van der Waals surface area contributed by atoms with Crippen LogP contribution in [-0.4, -0.2) is 16.7 Å². The first-order chi connectivity index (χ1) is 8.99. The van der Waals surface area contributed by atoms with E-state index in [1.165, 1.54) is 13.8 Å². The molecule has 98 valence electrons. The van der Waals surface area contributed by atoms with Crippen molar-refractivity contribution in [1.29, 1.82) is 0 Å². The molecule has 0 aromatic heterocycles. The van der Waals surface area contributed by atoms with Gasteiger partial charge in [0.2, 0.25) is 0 Å². The van der Waals surface area contributed by atoms with Crippen LogP contribution >= 0.6 is 0 Å². The van der Waals surface area contributed by atoms with Gasteiger partial charge in [0.1, 0.15) is 5.75 Å². The van der Waals surface area contributed by atoms with E-state index in [9.17, 15) is 4.79 Å². The van der Waals surface area contributed by atoms with Crippen LogP contribution in [0.4, 0.5) is 0 Å². The highest BCUT2D eigenvalue weighted by atomic mass is 16.5. The van der Waals surface area contributed by atoms with Crippen LogP contribution in [0, 0.1) is 0 Å². The molecule has 0 bridgehead atoms. The van der Waals surface area contributed by atoms with Crippen molar-refractivity contribution in [3.63, 3.8) is 0 Å². The number of hydrogen-bond acceptors (Lipinski definition) is 2. The molecule has 0 aliphatic heterocycles. The maximum absolute atomic E-state index is 11.1. The molecule has 2 aromatic rings. The summed E-state index contributed by atoms with van der Waals surface area (Å²) >= 11 is 0. The fourth-order valence-corrected chi connectivity index (χ4v) is 1.71. The summed E-state index contributed by atoms with van der Waals surface area (Å²) in [5.41, 5.74) is 0.829. The zero-order valence-corrected chi connectivity index (χ0v) is 11.0. The summed E-state index contributed by atoms with van der Waals surface area (Å²) in [5.74, 6) is -0.439. The largest absolute Gasteiger partial charge is 0.478 e. The van der Waals surface area contributed by atoms with Crippen LogP contribution in [0.2, 0.25) is 0 Å². The van der Waals surface area contributed by atoms with Gasteiger partial charge in [-0.15, -0.1) is 0 Å². The number of ether oxygens (including phenoxy) is 1. The third kappa shape index (κ3) is 3.13. The molecule has 0 aliphatic rings. The molecule has 0 saturated heterocycles. The Morgan fingerprint density at radius 1 is 1.00 bits per heavy atom. The molecular weight excluding hydrogens is 240 g/mol. The predicted molar refractivity (Wildman–Crippen MR) is 74.2 cm³/mol. The van der Waals surface area contributed by atoms with Crippen molar-refractivity contribution in [2.24, 2.45) is 0 Å². The summed E-state index contributed by atoms with van der Waals surface area (Å²) in [6.45, 7) is 3.06. The van der Waals surface area contributed by atoms with Crippen LogP contribution in [0.1, 0.15) is 13.8 Å². The van der Waals surface area contributed by atoms with Crippen LogP contribution in [0.15, 0.2) is 54.6 Å². The number of carbonyl (C=O) groups is 1. The van der Waals surface area contributed by atoms with Crippen LogP contribution < -0.4 is 4.74 Å². The third-order valence-electron chi connectivity index (χ3n) is 2.83. The first kappa shape index (κ1) is 13.1. The Bertz CT molecular complexity index is 574. The van der Waals surface area contributed by atoms with Crippen molar-refractivity contribution < 1.29 is 14.6 Å². The van der Waals surface area contributed by atoms with E-state index in [4.69, 9.17) is 9.84 Å². The van der Waals surface area contributed by atoms with E-state index in [0.29, 0.717) is 5.75 Å². The molecule has 0 heterocycles. The van der Waals surface area contributed by atoms with E-state index >= 15 is 0 Å². The van der Waals surface area contributed by atoms with Gasteiger partial charge in [0.15, 0.2) is 5.60 Å². The lowest BCUT2D eigenvalue weighted by Gasteiger charge is -2.21. The summed E-state index contributed by atoms with van der Waals surface area (Å²) in [7, 11) is 0. The molecule has 0 aliphatic carbocycles. The number of carboxylic acids is 1. The topological polar surface area (TPSA) is 46.5 Å². The predicted octanol–water partition coefficient (Wildman–Crippen LogP) is 3.60. The smallest absolute Gasteiger partial charge is 0.347 e. The quantitative estimate of drug-likeness (QED) is 0.909. The van der Waals surface area contributed by atoms with Crippen LogP contribution in [0.25, 0.3) is 11.1 Å². The molecule has 0 fully saturated rings. The van der Waals surface area contributed by atoms with E-state index in [1.807, 2.05) is 48.5 Å². The molecular formula is C16H16O3. The Balaban J connectivity index is 2.28. The van der Waals surface area contributed by atoms with Crippen molar-refractivity contribution in [3.05, 3.63) is 54.6 Å². The lowest BCUT2D eigenvalue weighted by Crippen LogP contribution is -2.37. The van der Waals surface area contributed by atoms with Crippen molar-refractivity contribution in [2.75, 3.05) is 0 Å². The fraction of sp³-hybridized carbons (Fsp3) is 0.188. The molecule has 1 N–H and O–H groups in total. The van der Waals surface area contributed by atoms with E-state index in [0.717, 1.165) is 11.1 Å². The molecule has 19 heavy (non-hydrogen) atoms. The van der Waals surface area contributed by atoms with E-state index in [1.54, 1.807) is 6.07 Å². The van der Waals surface area contributed by atoms with E-state index < -0.39 is 11.6 Å². The highest BCUT2D eigenvalue weighted by Crippen LogP contribution is 2.26. The van der Waals surface area contributed by atoms with Crippen LogP contribution in [0.3, 0.4) is 0 Å². The minimum absolute atomic E-state index is 0.550. The van der Waals surface area contributed by atoms with Gasteiger partial charge < -0.3 is 9.84 Å². The fourth-order valence-electron chi connectivity index (χ4n) is 1.71. The molecule has 0 unspecified atom stereocenters. The molecule has 3 nitrogen and oxygen atoms in total. The average Bonchev–Trinajstić information content (AvgIpc) is 2.39. The lowest BCUT2D eigenvalue weighted by molar-refractivity contribution is -0.152. The highest BCUT2D eigenvalue weighted by molar-refractivity contribution is 5.77. The van der Waals surface area contributed by atoms with Gasteiger partial charge in [-0.25, -0.2) is 4.79 Å². The number of aliphatic carboxylic acids is 1. The molecule has 0 saturated carbocycles. The Hall–Kier alpha value is -2.29. The molecule has 0 atom stereocenters. The molecule has 2 aromatic carbocycles. The summed E-state index contributed by atoms with van der Waals surface area (Å²) in [6.07, 6.45) is 0. The molecule has 0 radical (unpaired) electrons. The van der Waals surface area contributed by atoms with Crippen LogP contribution in [0.5, 0.6) is 5.75 Å². The lowest BCUT2D eigenvalue weighted by atomic mass is 10.1. The van der Waals surface area contributed by atoms with Crippen molar-refractivity contribution >= 4 is 5.97 Å². The van der Waals surface area contributed by atoms with Gasteiger partial charge in [-0.3, -0.25) is 0 Å². The number of carboxylic acid groups (broad SMARTS) is 1. The van der Waals surface area contributed by atoms with Crippen molar-refractivity contribution in [2.45, 2.75) is 19.4 Å². The van der Waals surface area contributed by atoms with Crippen LogP contribution in [-0.2, 0) is 4.79 Å². The standard InChI is InChI=1S/C16H16O3/c1-16(2,15(17)18)19-14-10-6-9-13(11-14)12-7-4-3-5-8-12/h3-11H,1-2H3,(H,17,18). The maximum Gasteiger partial charge on any atom is 0.347 e. The molecule has 0 amide bonds. The molecule has 0 spiro atoms. The van der Waals surface area contributed by atoms with Gasteiger partial charge in [-0.1, -0.05) is 42.5 Å². The van der Waals surface area contributed by atoms with Crippen molar-refractivity contribution in [3.8, 4) is 16.9 Å². The second kappa shape index (κ2) is 5.14. The summed E-state index contributed by atoms with van der Waals surface area (Å²) < 4.78 is 5.53. The zero-order valence-electron chi connectivity index (χ0n) is 11.0. The Morgan fingerprint density at radius 3 is 2.26 bits per heavy atom. The number of hydrogen-bond donors (Lipinski definition) is 1. The van der Waals surface area contributed by atoms with Gasteiger partial charge in [0.05, 0.1) is 0 Å².